The molecule has 1 saturated heterocycles. The molecule has 0 aliphatic carbocycles. The van der Waals surface area contributed by atoms with Gasteiger partial charge in [-0.3, -0.25) is 14.3 Å². The molecular formula is C12H18N6O. The minimum absolute atomic E-state index is 0.0505. The Morgan fingerprint density at radius 1 is 1.42 bits per heavy atom. The van der Waals surface area contributed by atoms with Crippen molar-refractivity contribution < 1.29 is 4.79 Å². The number of amides is 1. The molecule has 1 aliphatic rings. The van der Waals surface area contributed by atoms with E-state index in [4.69, 9.17) is 5.26 Å². The fourth-order valence-corrected chi connectivity index (χ4v) is 2.14. The second kappa shape index (κ2) is 5.80. The molecule has 0 N–H and O–H groups in total. The Bertz CT molecular complexity index is 481. The zero-order chi connectivity index (χ0) is 13.8. The highest BCUT2D eigenvalue weighted by Crippen LogP contribution is 2.08. The Labute approximate surface area is 112 Å². The first-order valence-electron chi connectivity index (χ1n) is 6.41. The van der Waals surface area contributed by atoms with E-state index in [1.54, 1.807) is 10.9 Å². The van der Waals surface area contributed by atoms with Crippen LogP contribution < -0.4 is 0 Å². The maximum Gasteiger partial charge on any atom is 0.235 e. The van der Waals surface area contributed by atoms with Gasteiger partial charge in [0.2, 0.25) is 11.7 Å². The van der Waals surface area contributed by atoms with Gasteiger partial charge in [0.25, 0.3) is 0 Å². The highest BCUT2D eigenvalue weighted by atomic mass is 16.2. The van der Waals surface area contributed by atoms with E-state index < -0.39 is 0 Å². The van der Waals surface area contributed by atoms with Crippen molar-refractivity contribution in [1.82, 2.24) is 24.6 Å². The molecule has 0 unspecified atom stereocenters. The molecule has 7 nitrogen and oxygen atoms in total. The van der Waals surface area contributed by atoms with Crippen LogP contribution in [0.4, 0.5) is 0 Å². The highest BCUT2D eigenvalue weighted by Gasteiger charge is 2.23. The summed E-state index contributed by atoms with van der Waals surface area (Å²) >= 11 is 0. The van der Waals surface area contributed by atoms with E-state index in [9.17, 15) is 4.79 Å². The molecule has 0 aromatic carbocycles. The Balaban J connectivity index is 1.87. The van der Waals surface area contributed by atoms with Crippen molar-refractivity contribution in [2.75, 3.05) is 26.2 Å². The number of carbonyl (C=O) groups is 1. The summed E-state index contributed by atoms with van der Waals surface area (Å²) in [6.45, 7) is 7.53. The quantitative estimate of drug-likeness (QED) is 0.760. The summed E-state index contributed by atoms with van der Waals surface area (Å²) in [5.41, 5.74) is 0. The maximum atomic E-state index is 11.9. The molecule has 0 saturated carbocycles. The number of piperazine rings is 1. The Kier molecular flexibility index (Phi) is 4.12. The number of nitriles is 1. The van der Waals surface area contributed by atoms with Gasteiger partial charge in [-0.25, -0.2) is 0 Å². The predicted molar refractivity (Wildman–Crippen MR) is 67.7 cm³/mol. The van der Waals surface area contributed by atoms with Gasteiger partial charge in [0, 0.05) is 32.1 Å². The van der Waals surface area contributed by atoms with Crippen LogP contribution in [-0.4, -0.2) is 56.7 Å². The van der Waals surface area contributed by atoms with Crippen LogP contribution in [0.5, 0.6) is 0 Å². The molecule has 1 aliphatic heterocycles. The lowest BCUT2D eigenvalue weighted by Gasteiger charge is -2.35. The first-order chi connectivity index (χ1) is 9.11. The third-order valence-corrected chi connectivity index (χ3v) is 3.25. The van der Waals surface area contributed by atoms with Crippen molar-refractivity contribution in [3.8, 4) is 6.07 Å². The molecule has 1 fully saturated rings. The number of carbonyl (C=O) groups excluding carboxylic acids is 1. The van der Waals surface area contributed by atoms with Crippen molar-refractivity contribution in [2.24, 2.45) is 5.92 Å². The van der Waals surface area contributed by atoms with Crippen LogP contribution in [0.25, 0.3) is 0 Å². The van der Waals surface area contributed by atoms with Crippen molar-refractivity contribution in [3.63, 3.8) is 0 Å². The molecule has 0 bridgehead atoms. The summed E-state index contributed by atoms with van der Waals surface area (Å²) in [5.74, 6) is 0.580. The minimum Gasteiger partial charge on any atom is -0.340 e. The molecule has 7 heteroatoms. The van der Waals surface area contributed by atoms with Crippen molar-refractivity contribution in [1.29, 1.82) is 5.26 Å². The van der Waals surface area contributed by atoms with Gasteiger partial charge in [0.1, 0.15) is 12.4 Å². The second-order valence-electron chi connectivity index (χ2n) is 4.98. The zero-order valence-corrected chi connectivity index (χ0v) is 11.3. The lowest BCUT2D eigenvalue weighted by molar-refractivity contribution is -0.136. The van der Waals surface area contributed by atoms with Crippen LogP contribution in [0.3, 0.4) is 0 Å². The molecule has 1 aromatic rings. The standard InChI is InChI=1S/C12H18N6O/c1-10(2)12(19)17-5-3-16(4-6-17)9-18-8-14-15-11(18)7-13/h8,10H,3-6,9H2,1-2H3. The van der Waals surface area contributed by atoms with E-state index in [0.717, 1.165) is 26.2 Å². The van der Waals surface area contributed by atoms with E-state index in [0.29, 0.717) is 12.5 Å². The fraction of sp³-hybridized carbons (Fsp3) is 0.667. The summed E-state index contributed by atoms with van der Waals surface area (Å²) in [6, 6.07) is 2.01. The number of nitrogens with zero attached hydrogens (tertiary/aromatic N) is 6. The van der Waals surface area contributed by atoms with E-state index in [1.165, 1.54) is 0 Å². The summed E-state index contributed by atoms with van der Waals surface area (Å²) in [6.07, 6.45) is 1.56. The average Bonchev–Trinajstić information content (AvgIpc) is 2.86. The van der Waals surface area contributed by atoms with Crippen molar-refractivity contribution >= 4 is 5.91 Å². The smallest absolute Gasteiger partial charge is 0.235 e. The molecule has 0 radical (unpaired) electrons. The molecule has 0 spiro atoms. The van der Waals surface area contributed by atoms with E-state index in [1.807, 2.05) is 24.8 Å². The van der Waals surface area contributed by atoms with E-state index in [-0.39, 0.29) is 11.8 Å². The average molecular weight is 262 g/mol. The van der Waals surface area contributed by atoms with Crippen molar-refractivity contribution in [2.45, 2.75) is 20.5 Å². The molecule has 1 amide bonds. The third-order valence-electron chi connectivity index (χ3n) is 3.25. The molecule has 2 heterocycles. The Morgan fingerprint density at radius 2 is 2.11 bits per heavy atom. The molecule has 19 heavy (non-hydrogen) atoms. The van der Waals surface area contributed by atoms with Gasteiger partial charge >= 0.3 is 0 Å². The Hall–Kier alpha value is -1.94. The summed E-state index contributed by atoms with van der Waals surface area (Å²) < 4.78 is 1.72. The first kappa shape index (κ1) is 13.5. The Morgan fingerprint density at radius 3 is 2.68 bits per heavy atom. The molecular weight excluding hydrogens is 244 g/mol. The topological polar surface area (TPSA) is 78.1 Å². The van der Waals surface area contributed by atoms with Crippen LogP contribution in [0.15, 0.2) is 6.33 Å². The molecule has 1 aromatic heterocycles. The number of rotatable bonds is 3. The van der Waals surface area contributed by atoms with Crippen LogP contribution in [0.1, 0.15) is 19.7 Å². The largest absolute Gasteiger partial charge is 0.340 e. The van der Waals surface area contributed by atoms with Crippen LogP contribution in [-0.2, 0) is 11.5 Å². The molecule has 0 atom stereocenters. The fourth-order valence-electron chi connectivity index (χ4n) is 2.14. The van der Waals surface area contributed by atoms with Gasteiger partial charge in [0.05, 0.1) is 6.67 Å². The number of aromatic nitrogens is 3. The van der Waals surface area contributed by atoms with Crippen LogP contribution in [0, 0.1) is 17.2 Å². The summed E-state index contributed by atoms with van der Waals surface area (Å²) in [4.78, 5) is 16.0. The first-order valence-corrected chi connectivity index (χ1v) is 6.41. The lowest BCUT2D eigenvalue weighted by Crippen LogP contribution is -2.50. The number of hydrogen-bond donors (Lipinski definition) is 0. The number of hydrogen-bond acceptors (Lipinski definition) is 5. The van der Waals surface area contributed by atoms with Gasteiger partial charge in [-0.15, -0.1) is 10.2 Å². The normalized spacial score (nSPS) is 16.6. The minimum atomic E-state index is 0.0505. The van der Waals surface area contributed by atoms with Gasteiger partial charge in [-0.1, -0.05) is 13.8 Å². The van der Waals surface area contributed by atoms with Crippen molar-refractivity contribution in [3.05, 3.63) is 12.2 Å². The lowest BCUT2D eigenvalue weighted by atomic mass is 10.1. The maximum absolute atomic E-state index is 11.9. The van der Waals surface area contributed by atoms with Crippen LogP contribution in [0.2, 0.25) is 0 Å². The monoisotopic (exact) mass is 262 g/mol. The summed E-state index contributed by atoms with van der Waals surface area (Å²) in [7, 11) is 0. The second-order valence-corrected chi connectivity index (χ2v) is 4.98. The molecule has 2 rings (SSSR count). The van der Waals surface area contributed by atoms with Crippen LogP contribution >= 0.6 is 0 Å². The van der Waals surface area contributed by atoms with E-state index >= 15 is 0 Å². The SMILES string of the molecule is CC(C)C(=O)N1CCN(Cn2cnnc2C#N)CC1. The molecule has 102 valence electrons. The zero-order valence-electron chi connectivity index (χ0n) is 11.3. The summed E-state index contributed by atoms with van der Waals surface area (Å²) in [5, 5.41) is 16.3. The predicted octanol–water partition coefficient (Wildman–Crippen LogP) is -0.0925. The van der Waals surface area contributed by atoms with Gasteiger partial charge in [0.15, 0.2) is 0 Å². The highest BCUT2D eigenvalue weighted by molar-refractivity contribution is 5.78. The van der Waals surface area contributed by atoms with Gasteiger partial charge in [-0.2, -0.15) is 5.26 Å². The van der Waals surface area contributed by atoms with Gasteiger partial charge < -0.3 is 4.90 Å². The third kappa shape index (κ3) is 3.09. The van der Waals surface area contributed by atoms with E-state index in [2.05, 4.69) is 15.1 Å². The van der Waals surface area contributed by atoms with Gasteiger partial charge in [-0.05, 0) is 0 Å².